The third-order valence-electron chi connectivity index (χ3n) is 4.61. The van der Waals surface area contributed by atoms with Crippen molar-refractivity contribution >= 4 is 5.97 Å². The average molecular weight is 332 g/mol. The summed E-state index contributed by atoms with van der Waals surface area (Å²) in [4.78, 5) is 11.7. The molecular weight excluding hydrogens is 300 g/mol. The molecule has 2 rings (SSSR count). The second-order valence-corrected chi connectivity index (χ2v) is 7.77. The van der Waals surface area contributed by atoms with E-state index in [0.717, 1.165) is 0 Å². The maximum atomic E-state index is 11.7. The molecular formula is C20H32N2O2. The first-order chi connectivity index (χ1) is 11.4. The fourth-order valence-corrected chi connectivity index (χ4v) is 3.31. The van der Waals surface area contributed by atoms with E-state index in [2.05, 4.69) is 41.9 Å². The van der Waals surface area contributed by atoms with Crippen molar-refractivity contribution in [3.05, 3.63) is 35.4 Å². The van der Waals surface area contributed by atoms with Gasteiger partial charge in [0.15, 0.2) is 0 Å². The lowest BCUT2D eigenvalue weighted by molar-refractivity contribution is -0.153. The molecule has 1 fully saturated rings. The van der Waals surface area contributed by atoms with Crippen LogP contribution in [-0.2, 0) is 16.1 Å². The maximum Gasteiger partial charge on any atom is 0.320 e. The summed E-state index contributed by atoms with van der Waals surface area (Å²) in [5, 5.41) is 6.54. The lowest BCUT2D eigenvalue weighted by atomic mass is 9.81. The molecule has 4 nitrogen and oxygen atoms in total. The first kappa shape index (κ1) is 18.9. The van der Waals surface area contributed by atoms with Crippen LogP contribution in [-0.4, -0.2) is 31.2 Å². The number of hydrogen-bond donors (Lipinski definition) is 2. The summed E-state index contributed by atoms with van der Waals surface area (Å²) >= 11 is 0. The van der Waals surface area contributed by atoms with Gasteiger partial charge in [0.05, 0.1) is 6.54 Å². The van der Waals surface area contributed by atoms with Crippen LogP contribution >= 0.6 is 0 Å². The van der Waals surface area contributed by atoms with Crippen LogP contribution in [0, 0.1) is 0 Å². The summed E-state index contributed by atoms with van der Waals surface area (Å²) < 4.78 is 5.29. The zero-order valence-electron chi connectivity index (χ0n) is 15.5. The van der Waals surface area contributed by atoms with Gasteiger partial charge in [0.25, 0.3) is 0 Å². The highest BCUT2D eigenvalue weighted by Gasteiger charge is 2.21. The van der Waals surface area contributed by atoms with Gasteiger partial charge in [-0.1, -0.05) is 24.3 Å². The second-order valence-electron chi connectivity index (χ2n) is 7.77. The lowest BCUT2D eigenvalue weighted by Crippen LogP contribution is -2.31. The molecule has 0 aromatic heterocycles. The molecule has 134 valence electrons. The van der Waals surface area contributed by atoms with Crippen molar-refractivity contribution in [2.75, 3.05) is 13.6 Å². The summed E-state index contributed by atoms with van der Waals surface area (Å²) in [6.07, 6.45) is 5.06. The Morgan fingerprint density at radius 1 is 1.12 bits per heavy atom. The predicted octanol–water partition coefficient (Wildman–Crippen LogP) is 3.36. The zero-order valence-corrected chi connectivity index (χ0v) is 15.5. The Kier molecular flexibility index (Phi) is 6.81. The van der Waals surface area contributed by atoms with Crippen molar-refractivity contribution < 1.29 is 9.53 Å². The van der Waals surface area contributed by atoms with Crippen LogP contribution in [0.2, 0.25) is 0 Å². The molecule has 0 unspecified atom stereocenters. The van der Waals surface area contributed by atoms with E-state index in [9.17, 15) is 4.79 Å². The molecule has 0 radical (unpaired) electrons. The molecule has 1 aliphatic carbocycles. The van der Waals surface area contributed by atoms with Gasteiger partial charge in [-0.3, -0.25) is 4.79 Å². The molecule has 0 spiro atoms. The number of ether oxygens (including phenoxy) is 1. The first-order valence-corrected chi connectivity index (χ1v) is 9.06. The molecule has 0 heterocycles. The molecule has 1 aromatic carbocycles. The Bertz CT molecular complexity index is 511. The van der Waals surface area contributed by atoms with Crippen LogP contribution in [0.5, 0.6) is 0 Å². The highest BCUT2D eigenvalue weighted by molar-refractivity contribution is 5.72. The van der Waals surface area contributed by atoms with Crippen molar-refractivity contribution in [1.82, 2.24) is 10.6 Å². The summed E-state index contributed by atoms with van der Waals surface area (Å²) in [5.74, 6) is 0.485. The summed E-state index contributed by atoms with van der Waals surface area (Å²) in [6.45, 7) is 6.58. The van der Waals surface area contributed by atoms with Gasteiger partial charge < -0.3 is 15.4 Å². The molecule has 0 saturated heterocycles. The fraction of sp³-hybridized carbons (Fsp3) is 0.650. The Morgan fingerprint density at radius 3 is 2.29 bits per heavy atom. The normalized spacial score (nSPS) is 21.5. The largest absolute Gasteiger partial charge is 0.459 e. The van der Waals surface area contributed by atoms with Gasteiger partial charge in [-0.25, -0.2) is 0 Å². The van der Waals surface area contributed by atoms with Gasteiger partial charge in [-0.05, 0) is 70.5 Å². The van der Waals surface area contributed by atoms with Crippen LogP contribution in [0.25, 0.3) is 0 Å². The number of benzene rings is 1. The third-order valence-corrected chi connectivity index (χ3v) is 4.61. The molecule has 1 saturated carbocycles. The summed E-state index contributed by atoms with van der Waals surface area (Å²) in [5.41, 5.74) is 2.22. The topological polar surface area (TPSA) is 50.4 Å². The summed E-state index contributed by atoms with van der Waals surface area (Å²) in [7, 11) is 2.06. The van der Waals surface area contributed by atoms with E-state index >= 15 is 0 Å². The smallest absolute Gasteiger partial charge is 0.320 e. The molecule has 1 aliphatic rings. The van der Waals surface area contributed by atoms with E-state index in [-0.39, 0.29) is 12.5 Å². The molecule has 2 N–H and O–H groups in total. The van der Waals surface area contributed by atoms with Gasteiger partial charge in [-0.15, -0.1) is 0 Å². The minimum atomic E-state index is -0.424. The quantitative estimate of drug-likeness (QED) is 0.784. The van der Waals surface area contributed by atoms with Crippen LogP contribution in [0.15, 0.2) is 24.3 Å². The highest BCUT2D eigenvalue weighted by Crippen LogP contribution is 2.32. The second kappa shape index (κ2) is 8.63. The minimum absolute atomic E-state index is 0.208. The van der Waals surface area contributed by atoms with E-state index < -0.39 is 5.60 Å². The van der Waals surface area contributed by atoms with E-state index in [1.807, 2.05) is 20.8 Å². The van der Waals surface area contributed by atoms with Gasteiger partial charge in [-0.2, -0.15) is 0 Å². The van der Waals surface area contributed by atoms with Crippen molar-refractivity contribution in [3.8, 4) is 0 Å². The molecule has 1 aromatic rings. The lowest BCUT2D eigenvalue weighted by Gasteiger charge is -2.28. The van der Waals surface area contributed by atoms with Crippen molar-refractivity contribution in [2.24, 2.45) is 0 Å². The van der Waals surface area contributed by atoms with E-state index in [1.54, 1.807) is 0 Å². The van der Waals surface area contributed by atoms with E-state index in [0.29, 0.717) is 18.5 Å². The Labute approximate surface area is 146 Å². The Hall–Kier alpha value is -1.39. The third kappa shape index (κ3) is 6.25. The molecule has 0 bridgehead atoms. The SMILES string of the molecule is CNC1CCC(c2ccc(CNCC(=O)OC(C)(C)C)cc2)CC1. The molecule has 0 aliphatic heterocycles. The van der Waals surface area contributed by atoms with Crippen LogP contribution in [0.4, 0.5) is 0 Å². The standard InChI is InChI=1S/C20H32N2O2/c1-20(2,3)24-19(23)14-22-13-15-5-7-16(8-6-15)17-9-11-18(21-4)12-10-17/h5-8,17-18,21-22H,9-14H2,1-4H3. The molecule has 0 amide bonds. The van der Waals surface area contributed by atoms with Crippen molar-refractivity contribution in [2.45, 2.75) is 70.6 Å². The number of esters is 1. The monoisotopic (exact) mass is 332 g/mol. The predicted molar refractivity (Wildman–Crippen MR) is 98.1 cm³/mol. The van der Waals surface area contributed by atoms with Crippen molar-refractivity contribution in [3.63, 3.8) is 0 Å². The number of hydrogen-bond acceptors (Lipinski definition) is 4. The van der Waals surface area contributed by atoms with E-state index in [1.165, 1.54) is 36.8 Å². The number of nitrogens with one attached hydrogen (secondary N) is 2. The van der Waals surface area contributed by atoms with Crippen LogP contribution < -0.4 is 10.6 Å². The minimum Gasteiger partial charge on any atom is -0.459 e. The molecule has 24 heavy (non-hydrogen) atoms. The van der Waals surface area contributed by atoms with Gasteiger partial charge in [0.1, 0.15) is 5.60 Å². The average Bonchev–Trinajstić information content (AvgIpc) is 2.54. The highest BCUT2D eigenvalue weighted by atomic mass is 16.6. The Morgan fingerprint density at radius 2 is 1.75 bits per heavy atom. The fourth-order valence-electron chi connectivity index (χ4n) is 3.31. The van der Waals surface area contributed by atoms with Crippen LogP contribution in [0.3, 0.4) is 0 Å². The van der Waals surface area contributed by atoms with Gasteiger partial charge in [0, 0.05) is 12.6 Å². The number of carbonyl (C=O) groups excluding carboxylic acids is 1. The van der Waals surface area contributed by atoms with Gasteiger partial charge in [0.2, 0.25) is 0 Å². The maximum absolute atomic E-state index is 11.7. The van der Waals surface area contributed by atoms with Crippen molar-refractivity contribution in [1.29, 1.82) is 0 Å². The number of rotatable bonds is 6. The first-order valence-electron chi connectivity index (χ1n) is 9.06. The zero-order chi connectivity index (χ0) is 17.6. The molecule has 0 atom stereocenters. The van der Waals surface area contributed by atoms with Gasteiger partial charge >= 0.3 is 5.97 Å². The molecule has 4 heteroatoms. The van der Waals surface area contributed by atoms with E-state index in [4.69, 9.17) is 4.74 Å². The number of carbonyl (C=O) groups is 1. The Balaban J connectivity index is 1.75. The summed E-state index contributed by atoms with van der Waals surface area (Å²) in [6, 6.07) is 9.52. The van der Waals surface area contributed by atoms with Crippen LogP contribution in [0.1, 0.15) is 63.5 Å².